The Morgan fingerprint density at radius 3 is 2.55 bits per heavy atom. The number of carbonyl (C=O) groups excluding carboxylic acids is 2. The van der Waals surface area contributed by atoms with Crippen molar-refractivity contribution in [2.75, 3.05) is 13.1 Å². The molecule has 4 aromatic rings. The standard InChI is InChI=1S/C22H18F3N5O3/c23-22(24,25)13-27-19(31)11-26-21(32)16-9-18(14-5-2-1-3-6-14)29-20-17(16)10-28-30(20)12-15-7-4-8-33-15/h1-10H,11-13H2,(H,26,32)(H,27,31). The van der Waals surface area contributed by atoms with E-state index in [1.165, 1.54) is 12.5 Å². The summed E-state index contributed by atoms with van der Waals surface area (Å²) in [4.78, 5) is 29.2. The first-order chi connectivity index (χ1) is 15.8. The topological polar surface area (TPSA) is 102 Å². The molecule has 0 aliphatic rings. The fraction of sp³-hybridized carbons (Fsp3) is 0.182. The molecule has 0 radical (unpaired) electrons. The third-order valence-corrected chi connectivity index (χ3v) is 4.70. The lowest BCUT2D eigenvalue weighted by Crippen LogP contribution is -2.40. The number of amides is 2. The minimum absolute atomic E-state index is 0.188. The van der Waals surface area contributed by atoms with Crippen molar-refractivity contribution < 1.29 is 27.2 Å². The Bertz CT molecular complexity index is 1270. The van der Waals surface area contributed by atoms with Crippen molar-refractivity contribution in [2.45, 2.75) is 12.7 Å². The molecule has 2 N–H and O–H groups in total. The highest BCUT2D eigenvalue weighted by Gasteiger charge is 2.27. The van der Waals surface area contributed by atoms with Gasteiger partial charge in [-0.15, -0.1) is 0 Å². The second-order valence-electron chi connectivity index (χ2n) is 7.11. The molecule has 3 aromatic heterocycles. The van der Waals surface area contributed by atoms with Gasteiger partial charge in [0.25, 0.3) is 5.91 Å². The third-order valence-electron chi connectivity index (χ3n) is 4.70. The van der Waals surface area contributed by atoms with Crippen LogP contribution in [0.1, 0.15) is 16.1 Å². The van der Waals surface area contributed by atoms with Gasteiger partial charge < -0.3 is 15.1 Å². The van der Waals surface area contributed by atoms with Gasteiger partial charge in [0, 0.05) is 5.56 Å². The van der Waals surface area contributed by atoms with Crippen molar-refractivity contribution >= 4 is 22.8 Å². The molecule has 2 amide bonds. The highest BCUT2D eigenvalue weighted by atomic mass is 19.4. The van der Waals surface area contributed by atoms with Gasteiger partial charge in [0.1, 0.15) is 18.8 Å². The van der Waals surface area contributed by atoms with Crippen LogP contribution in [0.5, 0.6) is 0 Å². The fourth-order valence-corrected chi connectivity index (χ4v) is 3.18. The van der Waals surface area contributed by atoms with Gasteiger partial charge in [0.05, 0.1) is 35.6 Å². The van der Waals surface area contributed by atoms with Crippen LogP contribution in [0.25, 0.3) is 22.3 Å². The smallest absolute Gasteiger partial charge is 0.405 e. The molecular weight excluding hydrogens is 439 g/mol. The van der Waals surface area contributed by atoms with Gasteiger partial charge in [-0.25, -0.2) is 9.67 Å². The maximum atomic E-state index is 12.9. The Morgan fingerprint density at radius 1 is 1.06 bits per heavy atom. The van der Waals surface area contributed by atoms with Gasteiger partial charge in [-0.1, -0.05) is 30.3 Å². The van der Waals surface area contributed by atoms with E-state index in [1.807, 2.05) is 30.3 Å². The highest BCUT2D eigenvalue weighted by Crippen LogP contribution is 2.25. The monoisotopic (exact) mass is 457 g/mol. The molecule has 0 spiro atoms. The number of carbonyl (C=O) groups is 2. The molecule has 0 aliphatic carbocycles. The zero-order chi connectivity index (χ0) is 23.4. The van der Waals surface area contributed by atoms with E-state index in [9.17, 15) is 22.8 Å². The quantitative estimate of drug-likeness (QED) is 0.444. The van der Waals surface area contributed by atoms with Gasteiger partial charge in [-0.05, 0) is 18.2 Å². The van der Waals surface area contributed by atoms with Gasteiger partial charge in [-0.3, -0.25) is 9.59 Å². The molecule has 170 valence electrons. The molecule has 0 fully saturated rings. The average Bonchev–Trinajstić information content (AvgIpc) is 3.46. The molecule has 0 aliphatic heterocycles. The van der Waals surface area contributed by atoms with Crippen LogP contribution >= 0.6 is 0 Å². The summed E-state index contributed by atoms with van der Waals surface area (Å²) in [6, 6.07) is 14.2. The first-order valence-electron chi connectivity index (χ1n) is 9.86. The molecule has 0 atom stereocenters. The summed E-state index contributed by atoms with van der Waals surface area (Å²) in [5.41, 5.74) is 1.85. The van der Waals surface area contributed by atoms with E-state index in [0.717, 1.165) is 5.56 Å². The van der Waals surface area contributed by atoms with Crippen LogP contribution in [-0.4, -0.2) is 45.8 Å². The molecule has 3 heterocycles. The van der Waals surface area contributed by atoms with Crippen molar-refractivity contribution in [3.05, 3.63) is 72.3 Å². The van der Waals surface area contributed by atoms with Gasteiger partial charge >= 0.3 is 6.18 Å². The van der Waals surface area contributed by atoms with E-state index in [0.29, 0.717) is 22.5 Å². The number of pyridine rings is 1. The van der Waals surface area contributed by atoms with Gasteiger partial charge in [0.15, 0.2) is 5.65 Å². The molecule has 8 nitrogen and oxygen atoms in total. The summed E-state index contributed by atoms with van der Waals surface area (Å²) < 4.78 is 43.8. The molecule has 11 heteroatoms. The Morgan fingerprint density at radius 2 is 1.85 bits per heavy atom. The van der Waals surface area contributed by atoms with Crippen molar-refractivity contribution in [3.63, 3.8) is 0 Å². The van der Waals surface area contributed by atoms with Gasteiger partial charge in [-0.2, -0.15) is 18.3 Å². The van der Waals surface area contributed by atoms with Crippen LogP contribution in [0.15, 0.2) is 65.4 Å². The summed E-state index contributed by atoms with van der Waals surface area (Å²) in [5, 5.41) is 8.81. The summed E-state index contributed by atoms with van der Waals surface area (Å²) in [5.74, 6) is -0.957. The maximum Gasteiger partial charge on any atom is 0.405 e. The van der Waals surface area contributed by atoms with Crippen LogP contribution < -0.4 is 10.6 Å². The lowest BCUT2D eigenvalue weighted by atomic mass is 10.1. The summed E-state index contributed by atoms with van der Waals surface area (Å²) >= 11 is 0. The predicted molar refractivity (Wildman–Crippen MR) is 112 cm³/mol. The highest BCUT2D eigenvalue weighted by molar-refractivity contribution is 6.07. The number of rotatable bonds is 7. The van der Waals surface area contributed by atoms with E-state index in [2.05, 4.69) is 15.4 Å². The largest absolute Gasteiger partial charge is 0.467 e. The zero-order valence-electron chi connectivity index (χ0n) is 17.1. The number of aromatic nitrogens is 3. The summed E-state index contributed by atoms with van der Waals surface area (Å²) in [6.45, 7) is -1.80. The Kier molecular flexibility index (Phi) is 6.11. The summed E-state index contributed by atoms with van der Waals surface area (Å²) in [6.07, 6.45) is -1.53. The number of benzene rings is 1. The molecule has 0 saturated carbocycles. The predicted octanol–water partition coefficient (Wildman–Crippen LogP) is 3.15. The summed E-state index contributed by atoms with van der Waals surface area (Å²) in [7, 11) is 0. The first-order valence-corrected chi connectivity index (χ1v) is 9.86. The number of nitrogens with zero attached hydrogens (tertiary/aromatic N) is 3. The van der Waals surface area contributed by atoms with Crippen LogP contribution in [-0.2, 0) is 11.3 Å². The molecule has 0 bridgehead atoms. The van der Waals surface area contributed by atoms with Gasteiger partial charge in [0.2, 0.25) is 5.91 Å². The first kappa shape index (κ1) is 22.1. The van der Waals surface area contributed by atoms with Crippen LogP contribution in [0.2, 0.25) is 0 Å². The van der Waals surface area contributed by atoms with E-state index in [4.69, 9.17) is 4.42 Å². The van der Waals surface area contributed by atoms with Crippen LogP contribution in [0.3, 0.4) is 0 Å². The fourth-order valence-electron chi connectivity index (χ4n) is 3.18. The molecule has 1 aromatic carbocycles. The SMILES string of the molecule is O=C(CNC(=O)c1cc(-c2ccccc2)nc2c1cnn2Cc1ccco1)NCC(F)(F)F. The molecule has 0 saturated heterocycles. The zero-order valence-corrected chi connectivity index (χ0v) is 17.1. The number of hydrogen-bond donors (Lipinski definition) is 2. The number of nitrogens with one attached hydrogen (secondary N) is 2. The second kappa shape index (κ2) is 9.15. The number of alkyl halides is 3. The molecule has 33 heavy (non-hydrogen) atoms. The van der Waals surface area contributed by atoms with Crippen molar-refractivity contribution in [2.24, 2.45) is 0 Å². The lowest BCUT2D eigenvalue weighted by Gasteiger charge is -2.11. The minimum atomic E-state index is -4.54. The van der Waals surface area contributed by atoms with Crippen molar-refractivity contribution in [3.8, 4) is 11.3 Å². The maximum absolute atomic E-state index is 12.9. The van der Waals surface area contributed by atoms with E-state index >= 15 is 0 Å². The Labute approximate surface area is 185 Å². The lowest BCUT2D eigenvalue weighted by molar-refractivity contribution is -0.137. The molecular formula is C22H18F3N5O3. The van der Waals surface area contributed by atoms with Crippen LogP contribution in [0.4, 0.5) is 13.2 Å². The Hall–Kier alpha value is -4.15. The number of halogens is 3. The van der Waals surface area contributed by atoms with Crippen molar-refractivity contribution in [1.82, 2.24) is 25.4 Å². The number of fused-ring (bicyclic) bond motifs is 1. The molecule has 4 rings (SSSR count). The number of furan rings is 1. The van der Waals surface area contributed by atoms with E-state index in [1.54, 1.807) is 28.2 Å². The van der Waals surface area contributed by atoms with E-state index < -0.39 is 31.1 Å². The van der Waals surface area contributed by atoms with E-state index in [-0.39, 0.29) is 12.1 Å². The minimum Gasteiger partial charge on any atom is -0.467 e. The number of hydrogen-bond acceptors (Lipinski definition) is 5. The van der Waals surface area contributed by atoms with Crippen molar-refractivity contribution in [1.29, 1.82) is 0 Å². The second-order valence-corrected chi connectivity index (χ2v) is 7.11. The average molecular weight is 457 g/mol. The Balaban J connectivity index is 1.64. The third kappa shape index (κ3) is 5.37. The van der Waals surface area contributed by atoms with Crippen LogP contribution in [0, 0.1) is 0 Å². The normalized spacial score (nSPS) is 11.5. The molecule has 0 unspecified atom stereocenters.